The molecule has 0 saturated carbocycles. The average Bonchev–Trinajstić information content (AvgIpc) is 2.86. The predicted molar refractivity (Wildman–Crippen MR) is 72.2 cm³/mol. The number of nitrogens with one attached hydrogen (secondary N) is 1. The molecule has 0 aliphatic carbocycles. The van der Waals surface area contributed by atoms with Gasteiger partial charge in [0.05, 0.1) is 6.54 Å². The van der Waals surface area contributed by atoms with Gasteiger partial charge in [-0.1, -0.05) is 0 Å². The van der Waals surface area contributed by atoms with Crippen LogP contribution in [0, 0.1) is 0 Å². The summed E-state index contributed by atoms with van der Waals surface area (Å²) in [6, 6.07) is 3.30. The number of pyridine rings is 1. The zero-order chi connectivity index (χ0) is 13.8. The van der Waals surface area contributed by atoms with Gasteiger partial charge in [-0.05, 0) is 28.1 Å². The summed E-state index contributed by atoms with van der Waals surface area (Å²) in [7, 11) is 0. The highest BCUT2D eigenvalue weighted by molar-refractivity contribution is 9.10. The third-order valence-electron chi connectivity index (χ3n) is 2.13. The summed E-state index contributed by atoms with van der Waals surface area (Å²) in [5.74, 6) is -1.41. The van der Waals surface area contributed by atoms with Crippen molar-refractivity contribution in [3.8, 4) is 0 Å². The molecule has 2 heterocycles. The number of nitrogens with zero attached hydrogens (tertiary/aromatic N) is 2. The number of amides is 1. The molecule has 2 aromatic heterocycles. The summed E-state index contributed by atoms with van der Waals surface area (Å²) in [4.78, 5) is 30.2. The van der Waals surface area contributed by atoms with E-state index in [0.717, 1.165) is 4.47 Å². The van der Waals surface area contributed by atoms with Gasteiger partial charge in [-0.15, -0.1) is 11.3 Å². The van der Waals surface area contributed by atoms with E-state index < -0.39 is 5.97 Å². The Labute approximate surface area is 120 Å². The topological polar surface area (TPSA) is 92.2 Å². The summed E-state index contributed by atoms with van der Waals surface area (Å²) >= 11 is 4.41. The Morgan fingerprint density at radius 2 is 2.16 bits per heavy atom. The lowest BCUT2D eigenvalue weighted by Gasteiger charge is -2.02. The molecule has 2 rings (SSSR count). The molecule has 19 heavy (non-hydrogen) atoms. The van der Waals surface area contributed by atoms with Gasteiger partial charge in [-0.3, -0.25) is 4.79 Å². The molecule has 98 valence electrons. The molecule has 0 fully saturated rings. The van der Waals surface area contributed by atoms with Crippen LogP contribution >= 0.6 is 27.3 Å². The number of aromatic carboxylic acids is 1. The fourth-order valence-corrected chi connectivity index (χ4v) is 2.19. The number of hydrogen-bond acceptors (Lipinski definition) is 5. The highest BCUT2D eigenvalue weighted by Gasteiger charge is 2.11. The van der Waals surface area contributed by atoms with E-state index in [-0.39, 0.29) is 18.1 Å². The molecule has 0 bridgehead atoms. The van der Waals surface area contributed by atoms with Crippen LogP contribution in [0.15, 0.2) is 28.2 Å². The molecule has 0 aromatic carbocycles. The fraction of sp³-hybridized carbons (Fsp3) is 0.0909. The number of thiazole rings is 1. The summed E-state index contributed by atoms with van der Waals surface area (Å²) in [5.41, 5.74) is 0.272. The number of aromatic nitrogens is 2. The Hall–Kier alpha value is -1.80. The van der Waals surface area contributed by atoms with Gasteiger partial charge in [0.2, 0.25) is 0 Å². The maximum Gasteiger partial charge on any atom is 0.355 e. The van der Waals surface area contributed by atoms with Gasteiger partial charge in [-0.25, -0.2) is 14.8 Å². The number of rotatable bonds is 4. The average molecular weight is 342 g/mol. The van der Waals surface area contributed by atoms with Gasteiger partial charge in [0.25, 0.3) is 5.91 Å². The molecule has 0 atom stereocenters. The number of carboxylic acids is 1. The monoisotopic (exact) mass is 341 g/mol. The maximum atomic E-state index is 11.7. The van der Waals surface area contributed by atoms with Gasteiger partial charge in [0.1, 0.15) is 10.7 Å². The second kappa shape index (κ2) is 5.89. The van der Waals surface area contributed by atoms with Crippen molar-refractivity contribution in [2.75, 3.05) is 0 Å². The summed E-state index contributed by atoms with van der Waals surface area (Å²) in [6.07, 6.45) is 1.53. The molecule has 0 spiro atoms. The van der Waals surface area contributed by atoms with E-state index in [0.29, 0.717) is 10.7 Å². The standard InChI is InChI=1S/C11H8BrN3O3S/c12-6-1-2-7(13-3-6)10(16)14-4-9-15-8(5-19-9)11(17)18/h1-3,5H,4H2,(H,14,16)(H,17,18). The molecule has 1 amide bonds. The van der Waals surface area contributed by atoms with E-state index in [1.54, 1.807) is 12.1 Å². The highest BCUT2D eigenvalue weighted by Crippen LogP contribution is 2.10. The van der Waals surface area contributed by atoms with Crippen molar-refractivity contribution in [2.24, 2.45) is 0 Å². The van der Waals surface area contributed by atoms with Crippen molar-refractivity contribution in [2.45, 2.75) is 6.54 Å². The molecule has 0 unspecified atom stereocenters. The van der Waals surface area contributed by atoms with Gasteiger partial charge in [0.15, 0.2) is 5.69 Å². The van der Waals surface area contributed by atoms with Crippen molar-refractivity contribution < 1.29 is 14.7 Å². The zero-order valence-electron chi connectivity index (χ0n) is 9.46. The van der Waals surface area contributed by atoms with E-state index in [1.165, 1.54) is 22.9 Å². The number of carboxylic acid groups (broad SMARTS) is 1. The van der Waals surface area contributed by atoms with E-state index >= 15 is 0 Å². The van der Waals surface area contributed by atoms with E-state index in [1.807, 2.05) is 0 Å². The highest BCUT2D eigenvalue weighted by atomic mass is 79.9. The van der Waals surface area contributed by atoms with Gasteiger partial charge in [-0.2, -0.15) is 0 Å². The third-order valence-corrected chi connectivity index (χ3v) is 3.45. The lowest BCUT2D eigenvalue weighted by atomic mass is 10.3. The second-order valence-corrected chi connectivity index (χ2v) is 5.33. The Morgan fingerprint density at radius 3 is 2.74 bits per heavy atom. The molecule has 0 aliphatic heterocycles. The second-order valence-electron chi connectivity index (χ2n) is 3.48. The van der Waals surface area contributed by atoms with Crippen LogP contribution in [0.2, 0.25) is 0 Å². The van der Waals surface area contributed by atoms with Crippen LogP contribution in [0.5, 0.6) is 0 Å². The van der Waals surface area contributed by atoms with Crippen molar-refractivity contribution in [3.05, 3.63) is 44.6 Å². The van der Waals surface area contributed by atoms with Gasteiger partial charge in [0, 0.05) is 16.0 Å². The first-order chi connectivity index (χ1) is 9.06. The largest absolute Gasteiger partial charge is 0.476 e. The lowest BCUT2D eigenvalue weighted by molar-refractivity contribution is 0.0691. The van der Waals surface area contributed by atoms with Crippen molar-refractivity contribution >= 4 is 39.1 Å². The summed E-state index contributed by atoms with van der Waals surface area (Å²) in [5, 5.41) is 13.3. The van der Waals surface area contributed by atoms with Crippen molar-refractivity contribution in [1.82, 2.24) is 15.3 Å². The first-order valence-corrected chi connectivity index (χ1v) is 6.81. The van der Waals surface area contributed by atoms with Crippen LogP contribution in [0.25, 0.3) is 0 Å². The maximum absolute atomic E-state index is 11.7. The minimum atomic E-state index is -1.08. The molecule has 6 nitrogen and oxygen atoms in total. The third kappa shape index (κ3) is 3.58. The first kappa shape index (κ1) is 13.6. The molecule has 2 aromatic rings. The number of hydrogen-bond donors (Lipinski definition) is 2. The molecular weight excluding hydrogens is 334 g/mol. The minimum Gasteiger partial charge on any atom is -0.476 e. The summed E-state index contributed by atoms with van der Waals surface area (Å²) < 4.78 is 0.787. The van der Waals surface area contributed by atoms with Crippen molar-refractivity contribution in [3.63, 3.8) is 0 Å². The Bertz CT molecular complexity index is 612. The quantitative estimate of drug-likeness (QED) is 0.886. The van der Waals surface area contributed by atoms with Crippen LogP contribution in [0.4, 0.5) is 0 Å². The fourth-order valence-electron chi connectivity index (χ4n) is 1.25. The molecule has 0 radical (unpaired) electrons. The van der Waals surface area contributed by atoms with E-state index in [9.17, 15) is 9.59 Å². The van der Waals surface area contributed by atoms with Gasteiger partial charge >= 0.3 is 5.97 Å². The van der Waals surface area contributed by atoms with Crippen LogP contribution in [-0.4, -0.2) is 27.0 Å². The molecule has 0 aliphatic rings. The zero-order valence-corrected chi connectivity index (χ0v) is 11.9. The van der Waals surface area contributed by atoms with Crippen LogP contribution in [0.3, 0.4) is 0 Å². The van der Waals surface area contributed by atoms with E-state index in [2.05, 4.69) is 31.2 Å². The molecule has 8 heteroatoms. The van der Waals surface area contributed by atoms with Crippen molar-refractivity contribution in [1.29, 1.82) is 0 Å². The lowest BCUT2D eigenvalue weighted by Crippen LogP contribution is -2.23. The predicted octanol–water partition coefficient (Wildman–Crippen LogP) is 1.93. The smallest absolute Gasteiger partial charge is 0.355 e. The van der Waals surface area contributed by atoms with Crippen LogP contribution < -0.4 is 5.32 Å². The number of carbonyl (C=O) groups excluding carboxylic acids is 1. The van der Waals surface area contributed by atoms with Gasteiger partial charge < -0.3 is 10.4 Å². The summed E-state index contributed by atoms with van der Waals surface area (Å²) in [6.45, 7) is 0.175. The number of halogens is 1. The van der Waals surface area contributed by atoms with E-state index in [4.69, 9.17) is 5.11 Å². The molecule has 2 N–H and O–H groups in total. The Kier molecular flexibility index (Phi) is 4.23. The Morgan fingerprint density at radius 1 is 1.37 bits per heavy atom. The Balaban J connectivity index is 1.96. The normalized spacial score (nSPS) is 10.2. The number of carbonyl (C=O) groups is 2. The minimum absolute atomic E-state index is 0.0176. The molecule has 0 saturated heterocycles. The molecular formula is C11H8BrN3O3S. The van der Waals surface area contributed by atoms with Crippen LogP contribution in [0.1, 0.15) is 26.0 Å². The first-order valence-electron chi connectivity index (χ1n) is 5.13. The SMILES string of the molecule is O=C(O)c1csc(CNC(=O)c2ccc(Br)cn2)n1. The van der Waals surface area contributed by atoms with Crippen LogP contribution in [-0.2, 0) is 6.54 Å².